The van der Waals surface area contributed by atoms with Gasteiger partial charge in [0.2, 0.25) is 5.88 Å². The quantitative estimate of drug-likeness (QED) is 0.878. The molecule has 1 aromatic carbocycles. The summed E-state index contributed by atoms with van der Waals surface area (Å²) in [7, 11) is 3.98. The molecule has 5 heteroatoms. The van der Waals surface area contributed by atoms with E-state index in [1.807, 2.05) is 37.2 Å². The lowest BCUT2D eigenvalue weighted by Gasteiger charge is -2.19. The molecule has 1 aromatic heterocycles. The lowest BCUT2D eigenvalue weighted by molar-refractivity contribution is 0.449. The van der Waals surface area contributed by atoms with Crippen LogP contribution in [0.25, 0.3) is 0 Å². The van der Waals surface area contributed by atoms with Gasteiger partial charge in [0.1, 0.15) is 6.33 Å². The summed E-state index contributed by atoms with van der Waals surface area (Å²) < 4.78 is 6.00. The van der Waals surface area contributed by atoms with Crippen molar-refractivity contribution in [2.45, 2.75) is 25.7 Å². The average molecular weight is 284 g/mol. The molecule has 0 radical (unpaired) electrons. The molecule has 0 bridgehead atoms. The van der Waals surface area contributed by atoms with Crippen molar-refractivity contribution < 1.29 is 4.74 Å². The van der Waals surface area contributed by atoms with Crippen LogP contribution in [0.1, 0.15) is 24.1 Å². The Hall–Kier alpha value is -2.30. The second-order valence-electron chi connectivity index (χ2n) is 5.53. The van der Waals surface area contributed by atoms with Crippen molar-refractivity contribution in [1.82, 2.24) is 9.97 Å². The van der Waals surface area contributed by atoms with Crippen molar-refractivity contribution in [3.63, 3.8) is 0 Å². The monoisotopic (exact) mass is 284 g/mol. The second kappa shape index (κ2) is 5.60. The molecule has 21 heavy (non-hydrogen) atoms. The molecule has 0 atom stereocenters. The molecular formula is C16H20N4O. The number of anilines is 2. The van der Waals surface area contributed by atoms with Gasteiger partial charge in [-0.3, -0.25) is 0 Å². The molecule has 0 saturated heterocycles. The van der Waals surface area contributed by atoms with Crippen LogP contribution in [-0.2, 0) is 12.8 Å². The van der Waals surface area contributed by atoms with Crippen molar-refractivity contribution in [1.29, 1.82) is 0 Å². The minimum atomic E-state index is 0.615. The molecule has 110 valence electrons. The smallest absolute Gasteiger partial charge is 0.225 e. The van der Waals surface area contributed by atoms with Crippen LogP contribution in [0.2, 0.25) is 0 Å². The molecule has 1 aliphatic rings. The predicted molar refractivity (Wildman–Crippen MR) is 83.9 cm³/mol. The molecule has 1 aliphatic carbocycles. The Morgan fingerprint density at radius 3 is 2.76 bits per heavy atom. The van der Waals surface area contributed by atoms with Gasteiger partial charge >= 0.3 is 0 Å². The zero-order chi connectivity index (χ0) is 14.8. The summed E-state index contributed by atoms with van der Waals surface area (Å²) in [6.07, 6.45) is 5.89. The zero-order valence-corrected chi connectivity index (χ0v) is 12.5. The van der Waals surface area contributed by atoms with Gasteiger partial charge in [0.05, 0.1) is 11.4 Å². The Labute approximate surface area is 124 Å². The van der Waals surface area contributed by atoms with E-state index in [1.54, 1.807) is 6.33 Å². The zero-order valence-electron chi connectivity index (χ0n) is 12.5. The topological polar surface area (TPSA) is 64.3 Å². The van der Waals surface area contributed by atoms with E-state index in [0.717, 1.165) is 36.2 Å². The average Bonchev–Trinajstić information content (AvgIpc) is 2.49. The Balaban J connectivity index is 1.95. The Bertz CT molecular complexity index is 655. The number of rotatable bonds is 3. The molecule has 0 saturated carbocycles. The highest BCUT2D eigenvalue weighted by Crippen LogP contribution is 2.34. The standard InChI is InChI=1S/C16H20N4O/c1-20(2)11-7-8-13(17)15(9-11)21-16-12-5-3-4-6-14(12)18-10-19-16/h7-10H,3-6,17H2,1-2H3. The first-order valence-corrected chi connectivity index (χ1v) is 7.22. The lowest BCUT2D eigenvalue weighted by atomic mass is 9.97. The van der Waals surface area contributed by atoms with Gasteiger partial charge < -0.3 is 15.4 Å². The Morgan fingerprint density at radius 1 is 1.14 bits per heavy atom. The van der Waals surface area contributed by atoms with Gasteiger partial charge in [0.15, 0.2) is 5.75 Å². The van der Waals surface area contributed by atoms with Crippen LogP contribution in [0.5, 0.6) is 11.6 Å². The summed E-state index contributed by atoms with van der Waals surface area (Å²) >= 11 is 0. The van der Waals surface area contributed by atoms with Crippen LogP contribution >= 0.6 is 0 Å². The summed E-state index contributed by atoms with van der Waals surface area (Å²) in [4.78, 5) is 10.7. The highest BCUT2D eigenvalue weighted by atomic mass is 16.5. The highest BCUT2D eigenvalue weighted by Gasteiger charge is 2.17. The molecule has 0 spiro atoms. The fourth-order valence-corrected chi connectivity index (χ4v) is 2.57. The number of hydrogen-bond donors (Lipinski definition) is 1. The molecule has 1 heterocycles. The number of benzene rings is 1. The number of aryl methyl sites for hydroxylation is 1. The third-order valence-electron chi connectivity index (χ3n) is 3.81. The largest absolute Gasteiger partial charge is 0.436 e. The third kappa shape index (κ3) is 2.77. The Kier molecular flexibility index (Phi) is 3.64. The number of nitrogen functional groups attached to an aromatic ring is 1. The van der Waals surface area contributed by atoms with Crippen LogP contribution < -0.4 is 15.4 Å². The van der Waals surface area contributed by atoms with Crippen LogP contribution in [0.3, 0.4) is 0 Å². The van der Waals surface area contributed by atoms with E-state index in [9.17, 15) is 0 Å². The maximum Gasteiger partial charge on any atom is 0.225 e. The number of nitrogens with two attached hydrogens (primary N) is 1. The summed E-state index contributed by atoms with van der Waals surface area (Å²) in [5, 5.41) is 0. The Morgan fingerprint density at radius 2 is 1.95 bits per heavy atom. The minimum Gasteiger partial charge on any atom is -0.436 e. The van der Waals surface area contributed by atoms with E-state index in [4.69, 9.17) is 10.5 Å². The van der Waals surface area contributed by atoms with E-state index in [0.29, 0.717) is 17.3 Å². The van der Waals surface area contributed by atoms with Crippen LogP contribution in [0.15, 0.2) is 24.5 Å². The number of aromatic nitrogens is 2. The molecule has 2 aromatic rings. The highest BCUT2D eigenvalue weighted by molar-refractivity contribution is 5.62. The van der Waals surface area contributed by atoms with E-state index >= 15 is 0 Å². The molecule has 2 N–H and O–H groups in total. The van der Waals surface area contributed by atoms with Gasteiger partial charge in [-0.1, -0.05) is 0 Å². The van der Waals surface area contributed by atoms with Gasteiger partial charge in [-0.25, -0.2) is 9.97 Å². The summed E-state index contributed by atoms with van der Waals surface area (Å²) in [6, 6.07) is 5.77. The van der Waals surface area contributed by atoms with E-state index in [-0.39, 0.29) is 0 Å². The lowest BCUT2D eigenvalue weighted by Crippen LogP contribution is -2.10. The van der Waals surface area contributed by atoms with Gasteiger partial charge in [0, 0.05) is 31.4 Å². The van der Waals surface area contributed by atoms with E-state index in [2.05, 4.69) is 9.97 Å². The van der Waals surface area contributed by atoms with Crippen molar-refractivity contribution in [2.75, 3.05) is 24.7 Å². The molecule has 5 nitrogen and oxygen atoms in total. The second-order valence-corrected chi connectivity index (χ2v) is 5.53. The van der Waals surface area contributed by atoms with Crippen LogP contribution in [-0.4, -0.2) is 24.1 Å². The molecule has 0 fully saturated rings. The number of fused-ring (bicyclic) bond motifs is 1. The van der Waals surface area contributed by atoms with E-state index in [1.165, 1.54) is 6.42 Å². The van der Waals surface area contributed by atoms with Crippen LogP contribution in [0, 0.1) is 0 Å². The third-order valence-corrected chi connectivity index (χ3v) is 3.81. The molecule has 0 amide bonds. The van der Waals surface area contributed by atoms with Gasteiger partial charge in [-0.2, -0.15) is 0 Å². The molecular weight excluding hydrogens is 264 g/mol. The predicted octanol–water partition coefficient (Wildman–Crippen LogP) is 2.80. The number of nitrogens with zero attached hydrogens (tertiary/aromatic N) is 3. The maximum atomic E-state index is 6.03. The van der Waals surface area contributed by atoms with Crippen molar-refractivity contribution in [3.8, 4) is 11.6 Å². The van der Waals surface area contributed by atoms with E-state index < -0.39 is 0 Å². The summed E-state index contributed by atoms with van der Waals surface area (Å²) in [6.45, 7) is 0. The van der Waals surface area contributed by atoms with Crippen molar-refractivity contribution >= 4 is 11.4 Å². The fraction of sp³-hybridized carbons (Fsp3) is 0.375. The molecule has 0 unspecified atom stereocenters. The number of ether oxygens (including phenoxy) is 1. The van der Waals surface area contributed by atoms with Gasteiger partial charge in [-0.15, -0.1) is 0 Å². The number of hydrogen-bond acceptors (Lipinski definition) is 5. The van der Waals surface area contributed by atoms with Crippen molar-refractivity contribution in [3.05, 3.63) is 35.8 Å². The summed E-state index contributed by atoms with van der Waals surface area (Å²) in [5.41, 5.74) is 9.91. The first-order valence-electron chi connectivity index (χ1n) is 7.22. The minimum absolute atomic E-state index is 0.615. The summed E-state index contributed by atoms with van der Waals surface area (Å²) in [5.74, 6) is 1.29. The maximum absolute atomic E-state index is 6.03. The first kappa shape index (κ1) is 13.7. The fourth-order valence-electron chi connectivity index (χ4n) is 2.57. The van der Waals surface area contributed by atoms with Crippen molar-refractivity contribution in [2.24, 2.45) is 0 Å². The van der Waals surface area contributed by atoms with Crippen LogP contribution in [0.4, 0.5) is 11.4 Å². The SMILES string of the molecule is CN(C)c1ccc(N)c(Oc2ncnc3c2CCCC3)c1. The molecule has 3 rings (SSSR count). The normalized spacial score (nSPS) is 13.6. The van der Waals surface area contributed by atoms with Gasteiger partial charge in [-0.05, 0) is 37.8 Å². The molecule has 0 aliphatic heterocycles. The first-order chi connectivity index (χ1) is 10.1. The van der Waals surface area contributed by atoms with Gasteiger partial charge in [0.25, 0.3) is 0 Å².